The largest absolute Gasteiger partial charge is 0.462 e. The molecular weight excluding hydrogens is 1210 g/mol. The second-order valence-corrected chi connectivity index (χ2v) is 28.5. The lowest BCUT2D eigenvalue weighted by Crippen LogP contribution is -2.67. The molecule has 520 valence electrons. The molecule has 4 aliphatic carbocycles. The van der Waals surface area contributed by atoms with Gasteiger partial charge < -0.3 is 133 Å². The van der Waals surface area contributed by atoms with Crippen molar-refractivity contribution >= 4 is 11.9 Å². The Hall–Kier alpha value is -2.58. The Morgan fingerprint density at radius 2 is 1.18 bits per heavy atom. The van der Waals surface area contributed by atoms with Gasteiger partial charge in [-0.1, -0.05) is 51.0 Å². The third kappa shape index (κ3) is 12.1. The standard InChI is InChI=1S/C62H98O29/c1-24(2)12-11-16-61(9)51-29(82-26(4)66)19-60(8)27-13-14-34-58(5,6)36(15-17-59(34,7)28(27)18-35(67)62(51,60)57(78)91-61)87-56-50(40(71)33(23-80-56)86-53-43(74)41(72)37(68)30(20-63)83-53)90-52-44(75)42(73)47(25(3)81-52)88-55-46(77)49(39(70)32(22-65)85-55)89-54-45(76)48(79-10)38(69)31(21-64)84-54/h12,18,25,27,29-56,63-65,67-77H,11,13-17,19-23H2,1-10H3. The monoisotopic (exact) mass is 1310 g/mol. The van der Waals surface area contributed by atoms with Gasteiger partial charge in [-0.05, 0) is 101 Å². The van der Waals surface area contributed by atoms with Crippen LogP contribution >= 0.6 is 0 Å². The Balaban J connectivity index is 0.886. The minimum Gasteiger partial charge on any atom is -0.462 e. The zero-order valence-electron chi connectivity index (χ0n) is 53.1. The van der Waals surface area contributed by atoms with E-state index >= 15 is 0 Å². The van der Waals surface area contributed by atoms with Crippen LogP contribution in [0.25, 0.3) is 0 Å². The Bertz CT molecular complexity index is 2610. The molecule has 14 N–H and O–H groups in total. The minimum absolute atomic E-state index is 0.142. The fraction of sp³-hybridized carbons (Fsp3) is 0.903. The molecule has 0 amide bonds. The van der Waals surface area contributed by atoms with Crippen LogP contribution in [0.3, 0.4) is 0 Å². The number of fused-ring (bicyclic) bond motifs is 4. The summed E-state index contributed by atoms with van der Waals surface area (Å²) in [5.41, 5.74) is -2.57. The van der Waals surface area contributed by atoms with Crippen molar-refractivity contribution in [1.29, 1.82) is 0 Å². The van der Waals surface area contributed by atoms with Gasteiger partial charge in [-0.15, -0.1) is 0 Å². The summed E-state index contributed by atoms with van der Waals surface area (Å²) in [6.45, 7) is 14.1. The van der Waals surface area contributed by atoms with Crippen molar-refractivity contribution in [3.63, 3.8) is 0 Å². The molecule has 3 saturated carbocycles. The maximum atomic E-state index is 14.8. The van der Waals surface area contributed by atoms with E-state index in [2.05, 4.69) is 26.8 Å². The summed E-state index contributed by atoms with van der Waals surface area (Å²) in [4.78, 5) is 27.7. The fourth-order valence-electron chi connectivity index (χ4n) is 17.8. The molecule has 0 radical (unpaired) electrons. The molecule has 34 atom stereocenters. The number of aliphatic hydroxyl groups excluding tert-OH is 14. The number of carbonyl (C=O) groups excluding carboxylic acids is 2. The molecule has 6 aliphatic heterocycles. The van der Waals surface area contributed by atoms with Gasteiger partial charge in [0.25, 0.3) is 0 Å². The summed E-state index contributed by atoms with van der Waals surface area (Å²) >= 11 is 0. The lowest BCUT2D eigenvalue weighted by atomic mass is 9.40. The van der Waals surface area contributed by atoms with Crippen molar-refractivity contribution in [2.45, 2.75) is 279 Å². The first-order valence-electron chi connectivity index (χ1n) is 31.9. The highest BCUT2D eigenvalue weighted by Crippen LogP contribution is 2.76. The highest BCUT2D eigenvalue weighted by molar-refractivity contribution is 5.85. The number of esters is 2. The van der Waals surface area contributed by atoms with Crippen LogP contribution in [0.1, 0.15) is 107 Å². The number of methoxy groups -OCH3 is 1. The van der Waals surface area contributed by atoms with Gasteiger partial charge in [0.1, 0.15) is 127 Å². The number of aliphatic hydroxyl groups is 14. The number of allylic oxidation sites excluding steroid dienone is 3. The van der Waals surface area contributed by atoms with Crippen LogP contribution in [-0.4, -0.2) is 288 Å². The van der Waals surface area contributed by atoms with E-state index in [1.54, 1.807) is 0 Å². The van der Waals surface area contributed by atoms with E-state index < -0.39 is 237 Å². The average molecular weight is 1310 g/mol. The summed E-state index contributed by atoms with van der Waals surface area (Å²) in [7, 11) is 1.18. The van der Waals surface area contributed by atoms with Crippen LogP contribution in [0.2, 0.25) is 0 Å². The molecule has 29 nitrogen and oxygen atoms in total. The molecule has 29 heteroatoms. The fourth-order valence-corrected chi connectivity index (χ4v) is 17.8. The highest BCUT2D eigenvalue weighted by Gasteiger charge is 2.82. The summed E-state index contributed by atoms with van der Waals surface area (Å²) in [5, 5.41) is 156. The Labute approximate surface area is 527 Å². The van der Waals surface area contributed by atoms with E-state index in [1.165, 1.54) is 21.0 Å². The summed E-state index contributed by atoms with van der Waals surface area (Å²) in [5.74, 6) is -2.00. The van der Waals surface area contributed by atoms with Gasteiger partial charge in [0.05, 0.1) is 50.7 Å². The number of ether oxygens (including phenoxy) is 13. The second kappa shape index (κ2) is 27.0. The van der Waals surface area contributed by atoms with Gasteiger partial charge in [0, 0.05) is 14.0 Å². The average Bonchev–Trinajstić information content (AvgIpc) is 1.51. The zero-order chi connectivity index (χ0) is 66.5. The van der Waals surface area contributed by atoms with Gasteiger partial charge in [-0.25, -0.2) is 0 Å². The van der Waals surface area contributed by atoms with Crippen LogP contribution in [-0.2, 0) is 71.2 Å². The molecule has 0 aromatic heterocycles. The lowest BCUT2D eigenvalue weighted by molar-refractivity contribution is -0.394. The molecule has 6 saturated heterocycles. The van der Waals surface area contributed by atoms with E-state index in [-0.39, 0.29) is 11.8 Å². The SMILES string of the molecule is COC1C(O)C(CO)OC(OC2C(O)C(CO)OC(OC3C(C)OC(OC4C(OC5CCC6(C)C7=CC(O)C89C(=O)OC(C)(CCC=C(C)C)C8C(OC(C)=O)CC9(C)C7CCC6C5(C)C)OCC(OC5OC(CO)C(O)C(O)C5O)C4O)C(O)C3O)C2O)C1O. The predicted molar refractivity (Wildman–Crippen MR) is 305 cm³/mol. The number of hydrogen-bond donors (Lipinski definition) is 14. The molecule has 6 heterocycles. The quantitative estimate of drug-likeness (QED) is 0.0368. The van der Waals surface area contributed by atoms with E-state index in [4.69, 9.17) is 61.6 Å². The van der Waals surface area contributed by atoms with Gasteiger partial charge in [-0.3, -0.25) is 9.59 Å². The van der Waals surface area contributed by atoms with Crippen LogP contribution in [0.15, 0.2) is 23.3 Å². The van der Waals surface area contributed by atoms with Gasteiger partial charge >= 0.3 is 11.9 Å². The molecule has 91 heavy (non-hydrogen) atoms. The molecular formula is C62H98O29. The molecule has 1 spiro atoms. The van der Waals surface area contributed by atoms with Crippen molar-refractivity contribution in [1.82, 2.24) is 0 Å². The van der Waals surface area contributed by atoms with Crippen LogP contribution in [0, 0.1) is 39.4 Å². The van der Waals surface area contributed by atoms with Crippen molar-refractivity contribution in [2.75, 3.05) is 33.5 Å². The zero-order valence-corrected chi connectivity index (χ0v) is 53.1. The van der Waals surface area contributed by atoms with E-state index in [0.29, 0.717) is 44.9 Å². The number of hydrogen-bond acceptors (Lipinski definition) is 29. The first-order chi connectivity index (χ1) is 42.8. The molecule has 34 unspecified atom stereocenters. The maximum Gasteiger partial charge on any atom is 0.316 e. The van der Waals surface area contributed by atoms with E-state index in [0.717, 1.165) is 11.1 Å². The maximum absolute atomic E-state index is 14.8. The van der Waals surface area contributed by atoms with Gasteiger partial charge in [-0.2, -0.15) is 0 Å². The van der Waals surface area contributed by atoms with Crippen molar-refractivity contribution < 1.29 is 143 Å². The van der Waals surface area contributed by atoms with E-state index in [1.807, 2.05) is 33.8 Å². The first-order valence-corrected chi connectivity index (χ1v) is 31.9. The summed E-state index contributed by atoms with van der Waals surface area (Å²) < 4.78 is 78.5. The smallest absolute Gasteiger partial charge is 0.316 e. The lowest BCUT2D eigenvalue weighted by Gasteiger charge is -2.64. The predicted octanol–water partition coefficient (Wildman–Crippen LogP) is -3.05. The normalized spacial score (nSPS) is 52.0. The second-order valence-electron chi connectivity index (χ2n) is 28.5. The van der Waals surface area contributed by atoms with Crippen LogP contribution in [0.5, 0.6) is 0 Å². The van der Waals surface area contributed by atoms with Crippen molar-refractivity contribution in [3.8, 4) is 0 Å². The number of cyclic esters (lactones) is 1. The third-order valence-corrected chi connectivity index (χ3v) is 22.5. The van der Waals surface area contributed by atoms with Gasteiger partial charge in [0.2, 0.25) is 0 Å². The topological polar surface area (TPSA) is 437 Å². The highest BCUT2D eigenvalue weighted by atomic mass is 16.8. The Morgan fingerprint density at radius 1 is 0.615 bits per heavy atom. The number of rotatable bonds is 18. The molecule has 0 aromatic carbocycles. The van der Waals surface area contributed by atoms with Gasteiger partial charge in [0.15, 0.2) is 31.5 Å². The number of carbonyl (C=O) groups is 2. The summed E-state index contributed by atoms with van der Waals surface area (Å²) in [6, 6.07) is 0. The first kappa shape index (κ1) is 71.2. The Morgan fingerprint density at radius 3 is 1.78 bits per heavy atom. The molecule has 0 aromatic rings. The van der Waals surface area contributed by atoms with E-state index in [9.17, 15) is 81.1 Å². The van der Waals surface area contributed by atoms with Crippen molar-refractivity contribution in [3.05, 3.63) is 23.3 Å². The molecule has 0 bridgehead atoms. The molecule has 10 aliphatic rings. The minimum atomic E-state index is -2.05. The van der Waals surface area contributed by atoms with Crippen LogP contribution in [0.4, 0.5) is 0 Å². The Kier molecular flexibility index (Phi) is 21.1. The molecule has 10 rings (SSSR count). The third-order valence-electron chi connectivity index (χ3n) is 22.5. The molecule has 9 fully saturated rings. The van der Waals surface area contributed by atoms with Crippen LogP contribution < -0.4 is 0 Å². The van der Waals surface area contributed by atoms with Crippen molar-refractivity contribution in [2.24, 2.45) is 39.4 Å². The summed E-state index contributed by atoms with van der Waals surface area (Å²) in [6.07, 6.45) is -35.6.